The number of ether oxygens (including phenoxy) is 2. The molecular formula is C21H22F2N2O5. The molecule has 0 fully saturated rings. The Morgan fingerprint density at radius 3 is 2.20 bits per heavy atom. The molecule has 1 atom stereocenters. The summed E-state index contributed by atoms with van der Waals surface area (Å²) < 4.78 is 37.0. The predicted molar refractivity (Wildman–Crippen MR) is 106 cm³/mol. The summed E-state index contributed by atoms with van der Waals surface area (Å²) >= 11 is 0. The molecule has 0 heterocycles. The van der Waals surface area contributed by atoms with E-state index in [4.69, 9.17) is 9.47 Å². The van der Waals surface area contributed by atoms with Gasteiger partial charge in [0.1, 0.15) is 17.2 Å². The minimum Gasteiger partial charge on any atom is -0.449 e. The highest BCUT2D eigenvalue weighted by Crippen LogP contribution is 2.17. The molecule has 0 aliphatic heterocycles. The molecule has 0 bridgehead atoms. The lowest BCUT2D eigenvalue weighted by atomic mass is 10.2. The standard InChI is InChI=1S/C21H22F2N2O5/c1-12(18(26)25-17-11-14(22)7-10-16(17)23)29-19(27)13-5-8-15(9-6-13)24-20(28)30-21(2,3)4/h5-12H,1-4H3,(H,24,28)(H,25,26)/t12-/m1/s1. The van der Waals surface area contributed by atoms with E-state index in [1.807, 2.05) is 0 Å². The molecule has 2 N–H and O–H groups in total. The number of benzene rings is 2. The highest BCUT2D eigenvalue weighted by Gasteiger charge is 2.21. The predicted octanol–water partition coefficient (Wildman–Crippen LogP) is 4.50. The van der Waals surface area contributed by atoms with Gasteiger partial charge in [0, 0.05) is 11.8 Å². The zero-order valence-electron chi connectivity index (χ0n) is 16.9. The van der Waals surface area contributed by atoms with Crippen molar-refractivity contribution in [1.29, 1.82) is 0 Å². The molecule has 0 saturated carbocycles. The van der Waals surface area contributed by atoms with E-state index >= 15 is 0 Å². The monoisotopic (exact) mass is 420 g/mol. The number of carbonyl (C=O) groups is 3. The maximum Gasteiger partial charge on any atom is 0.412 e. The highest BCUT2D eigenvalue weighted by molar-refractivity contribution is 5.97. The molecule has 0 saturated heterocycles. The molecule has 0 radical (unpaired) electrons. The summed E-state index contributed by atoms with van der Waals surface area (Å²) in [6.45, 7) is 6.48. The van der Waals surface area contributed by atoms with Crippen LogP contribution in [0.3, 0.4) is 0 Å². The van der Waals surface area contributed by atoms with E-state index in [0.29, 0.717) is 5.69 Å². The Labute approximate surface area is 172 Å². The first-order valence-corrected chi connectivity index (χ1v) is 9.01. The molecule has 160 valence electrons. The van der Waals surface area contributed by atoms with Crippen LogP contribution in [0.25, 0.3) is 0 Å². The van der Waals surface area contributed by atoms with E-state index in [9.17, 15) is 23.2 Å². The fourth-order valence-electron chi connectivity index (χ4n) is 2.22. The van der Waals surface area contributed by atoms with Crippen molar-refractivity contribution in [3.8, 4) is 0 Å². The molecule has 0 unspecified atom stereocenters. The highest BCUT2D eigenvalue weighted by atomic mass is 19.1. The van der Waals surface area contributed by atoms with Crippen LogP contribution < -0.4 is 10.6 Å². The third-order valence-corrected chi connectivity index (χ3v) is 3.61. The maximum absolute atomic E-state index is 13.6. The number of anilines is 2. The molecule has 2 rings (SSSR count). The van der Waals surface area contributed by atoms with Crippen LogP contribution in [0.5, 0.6) is 0 Å². The summed E-state index contributed by atoms with van der Waals surface area (Å²) in [6.07, 6.45) is -1.91. The van der Waals surface area contributed by atoms with Crippen molar-refractivity contribution < 1.29 is 32.6 Å². The van der Waals surface area contributed by atoms with Crippen LogP contribution in [0.15, 0.2) is 42.5 Å². The number of carbonyl (C=O) groups excluding carboxylic acids is 3. The average molecular weight is 420 g/mol. The van der Waals surface area contributed by atoms with Gasteiger partial charge >= 0.3 is 12.1 Å². The number of hydrogen-bond acceptors (Lipinski definition) is 5. The number of halogens is 2. The molecular weight excluding hydrogens is 398 g/mol. The van der Waals surface area contributed by atoms with Gasteiger partial charge in [-0.1, -0.05) is 0 Å². The number of hydrogen-bond donors (Lipinski definition) is 2. The summed E-state index contributed by atoms with van der Waals surface area (Å²) in [5.74, 6) is -3.18. The maximum atomic E-state index is 13.6. The fourth-order valence-corrected chi connectivity index (χ4v) is 2.22. The normalized spacial score (nSPS) is 11.9. The average Bonchev–Trinajstić information content (AvgIpc) is 2.63. The molecule has 30 heavy (non-hydrogen) atoms. The number of esters is 1. The first-order valence-electron chi connectivity index (χ1n) is 9.01. The van der Waals surface area contributed by atoms with Crippen LogP contribution in [-0.2, 0) is 14.3 Å². The van der Waals surface area contributed by atoms with E-state index in [1.54, 1.807) is 20.8 Å². The van der Waals surface area contributed by atoms with Crippen molar-refractivity contribution in [3.63, 3.8) is 0 Å². The Hall–Kier alpha value is -3.49. The topological polar surface area (TPSA) is 93.7 Å². The summed E-state index contributed by atoms with van der Waals surface area (Å²) in [5.41, 5.74) is -0.492. The van der Waals surface area contributed by atoms with E-state index in [-0.39, 0.29) is 11.3 Å². The van der Waals surface area contributed by atoms with Crippen LogP contribution in [-0.4, -0.2) is 29.7 Å². The van der Waals surface area contributed by atoms with E-state index in [0.717, 1.165) is 18.2 Å². The minimum atomic E-state index is -1.26. The van der Waals surface area contributed by atoms with Gasteiger partial charge in [-0.05, 0) is 64.1 Å². The van der Waals surface area contributed by atoms with Crippen molar-refractivity contribution in [3.05, 3.63) is 59.7 Å². The number of amides is 2. The van der Waals surface area contributed by atoms with Crippen molar-refractivity contribution in [2.75, 3.05) is 10.6 Å². The molecule has 0 aromatic heterocycles. The van der Waals surface area contributed by atoms with Crippen LogP contribution in [0, 0.1) is 11.6 Å². The van der Waals surface area contributed by atoms with Crippen LogP contribution in [0.4, 0.5) is 25.0 Å². The van der Waals surface area contributed by atoms with Gasteiger partial charge < -0.3 is 14.8 Å². The first kappa shape index (κ1) is 22.8. The Balaban J connectivity index is 1.94. The van der Waals surface area contributed by atoms with Gasteiger partial charge in [0.05, 0.1) is 11.3 Å². The second kappa shape index (κ2) is 9.34. The second-order valence-corrected chi connectivity index (χ2v) is 7.37. The number of rotatable bonds is 5. The van der Waals surface area contributed by atoms with Gasteiger partial charge in [0.2, 0.25) is 0 Å². The largest absolute Gasteiger partial charge is 0.449 e. The van der Waals surface area contributed by atoms with Gasteiger partial charge in [-0.3, -0.25) is 10.1 Å². The Morgan fingerprint density at radius 2 is 1.60 bits per heavy atom. The van der Waals surface area contributed by atoms with Gasteiger partial charge in [-0.15, -0.1) is 0 Å². The van der Waals surface area contributed by atoms with Gasteiger partial charge in [0.15, 0.2) is 6.10 Å². The summed E-state index contributed by atoms with van der Waals surface area (Å²) in [4.78, 5) is 36.0. The second-order valence-electron chi connectivity index (χ2n) is 7.37. The fraction of sp³-hybridized carbons (Fsp3) is 0.286. The Morgan fingerprint density at radius 1 is 0.967 bits per heavy atom. The zero-order valence-corrected chi connectivity index (χ0v) is 16.9. The molecule has 0 spiro atoms. The van der Waals surface area contributed by atoms with Crippen LogP contribution in [0.1, 0.15) is 38.1 Å². The van der Waals surface area contributed by atoms with E-state index in [2.05, 4.69) is 10.6 Å². The minimum absolute atomic E-state index is 0.126. The Kier molecular flexibility index (Phi) is 7.10. The van der Waals surface area contributed by atoms with E-state index in [1.165, 1.54) is 31.2 Å². The SMILES string of the molecule is C[C@@H](OC(=O)c1ccc(NC(=O)OC(C)(C)C)cc1)C(=O)Nc1cc(F)ccc1F. The zero-order chi connectivity index (χ0) is 22.5. The van der Waals surface area contributed by atoms with Crippen LogP contribution in [0.2, 0.25) is 0 Å². The van der Waals surface area contributed by atoms with Crippen molar-refractivity contribution >= 4 is 29.3 Å². The summed E-state index contributed by atoms with van der Waals surface area (Å²) in [7, 11) is 0. The van der Waals surface area contributed by atoms with Crippen LogP contribution >= 0.6 is 0 Å². The van der Waals surface area contributed by atoms with E-state index < -0.39 is 41.3 Å². The molecule has 0 aliphatic rings. The van der Waals surface area contributed by atoms with Crippen molar-refractivity contribution in [1.82, 2.24) is 0 Å². The molecule has 0 aliphatic carbocycles. The third kappa shape index (κ3) is 6.84. The van der Waals surface area contributed by atoms with Gasteiger partial charge in [-0.2, -0.15) is 0 Å². The lowest BCUT2D eigenvalue weighted by Gasteiger charge is -2.19. The number of nitrogens with one attached hydrogen (secondary N) is 2. The van der Waals surface area contributed by atoms with Gasteiger partial charge in [0.25, 0.3) is 5.91 Å². The first-order chi connectivity index (χ1) is 13.9. The van der Waals surface area contributed by atoms with Crippen molar-refractivity contribution in [2.45, 2.75) is 39.4 Å². The molecule has 2 amide bonds. The van der Waals surface area contributed by atoms with Crippen molar-refractivity contribution in [2.24, 2.45) is 0 Å². The smallest absolute Gasteiger partial charge is 0.412 e. The van der Waals surface area contributed by atoms with Gasteiger partial charge in [-0.25, -0.2) is 18.4 Å². The summed E-state index contributed by atoms with van der Waals surface area (Å²) in [6, 6.07) is 8.32. The Bertz CT molecular complexity index is 939. The third-order valence-electron chi connectivity index (χ3n) is 3.61. The summed E-state index contributed by atoms with van der Waals surface area (Å²) in [5, 5.41) is 4.68. The molecule has 7 nitrogen and oxygen atoms in total. The lowest BCUT2D eigenvalue weighted by Crippen LogP contribution is -2.30. The lowest BCUT2D eigenvalue weighted by molar-refractivity contribution is -0.123. The quantitative estimate of drug-likeness (QED) is 0.695. The molecule has 2 aromatic carbocycles. The molecule has 9 heteroatoms. The molecule has 2 aromatic rings.